The number of hydrogen-bond acceptors (Lipinski definition) is 9. The largest absolute Gasteiger partial charge is 0.493 e. The highest BCUT2D eigenvalue weighted by Crippen LogP contribution is 2.42. The lowest BCUT2D eigenvalue weighted by Gasteiger charge is -2.32. The number of anilines is 1. The van der Waals surface area contributed by atoms with Gasteiger partial charge >= 0.3 is 13.5 Å². The first kappa shape index (κ1) is 38.6. The third-order valence-corrected chi connectivity index (χ3v) is 11.2. The van der Waals surface area contributed by atoms with Gasteiger partial charge in [0.1, 0.15) is 42.0 Å². The summed E-state index contributed by atoms with van der Waals surface area (Å²) >= 11 is 0. The van der Waals surface area contributed by atoms with Gasteiger partial charge < -0.3 is 24.2 Å². The summed E-state index contributed by atoms with van der Waals surface area (Å²) in [6.45, 7) is 6.37. The van der Waals surface area contributed by atoms with Gasteiger partial charge in [-0.3, -0.25) is 4.52 Å². The summed E-state index contributed by atoms with van der Waals surface area (Å²) in [4.78, 5) is 38.0. The number of hydrogen-bond donors (Lipinski definition) is 2. The SMILES string of the molecule is CC[C@@H]([C@H](C)OP(=O)(O)O)n1ncn(-c2ccc(B3CCN(c4ccc(OC[C@@H]5CO[C@@](Cn6cncn6)(c6ccc(F)cc6F)C5)cc4)CC3)cc2)c1=O. The molecule has 0 amide bonds. The van der Waals surface area contributed by atoms with Crippen molar-refractivity contribution in [1.29, 1.82) is 0 Å². The van der Waals surface area contributed by atoms with E-state index in [0.29, 0.717) is 38.5 Å². The second-order valence-corrected chi connectivity index (χ2v) is 15.4. The van der Waals surface area contributed by atoms with Crippen LogP contribution in [0.1, 0.15) is 38.3 Å². The van der Waals surface area contributed by atoms with Gasteiger partial charge in [-0.05, 0) is 62.2 Å². The number of benzene rings is 3. The Morgan fingerprint density at radius 3 is 2.40 bits per heavy atom. The van der Waals surface area contributed by atoms with Gasteiger partial charge in [0, 0.05) is 36.3 Å². The predicted molar refractivity (Wildman–Crippen MR) is 201 cm³/mol. The maximum atomic E-state index is 15.0. The van der Waals surface area contributed by atoms with Crippen LogP contribution in [0.25, 0.3) is 5.69 Å². The number of nitrogens with zero attached hydrogens (tertiary/aromatic N) is 7. The molecule has 4 atom stereocenters. The Kier molecular flexibility index (Phi) is 11.4. The molecule has 0 bridgehead atoms. The Morgan fingerprint density at radius 2 is 1.75 bits per heavy atom. The molecule has 0 aliphatic carbocycles. The van der Waals surface area contributed by atoms with Crippen molar-refractivity contribution in [2.45, 2.75) is 63.6 Å². The Balaban J connectivity index is 0.918. The van der Waals surface area contributed by atoms with Crippen LogP contribution < -0.4 is 20.8 Å². The molecule has 2 fully saturated rings. The van der Waals surface area contributed by atoms with Crippen LogP contribution in [0.3, 0.4) is 0 Å². The highest BCUT2D eigenvalue weighted by Gasteiger charge is 2.44. The van der Waals surface area contributed by atoms with Crippen LogP contribution in [-0.2, 0) is 26.0 Å². The Hall–Kier alpha value is -4.67. The van der Waals surface area contributed by atoms with Crippen molar-refractivity contribution in [2.75, 3.05) is 31.2 Å². The fraction of sp³-hybridized carbons (Fsp3) is 0.405. The molecule has 14 nitrogen and oxygen atoms in total. The van der Waals surface area contributed by atoms with E-state index in [1.807, 2.05) is 36.4 Å². The van der Waals surface area contributed by atoms with Crippen LogP contribution in [0.5, 0.6) is 5.75 Å². The highest BCUT2D eigenvalue weighted by atomic mass is 31.2. The van der Waals surface area contributed by atoms with E-state index in [1.54, 1.807) is 17.9 Å². The van der Waals surface area contributed by atoms with E-state index < -0.39 is 42.9 Å². The highest BCUT2D eigenvalue weighted by molar-refractivity contribution is 7.46. The molecule has 18 heteroatoms. The van der Waals surface area contributed by atoms with Crippen molar-refractivity contribution < 1.29 is 37.1 Å². The second-order valence-electron chi connectivity index (χ2n) is 14.3. The maximum absolute atomic E-state index is 15.0. The third kappa shape index (κ3) is 8.76. The van der Waals surface area contributed by atoms with Crippen LogP contribution in [0, 0.1) is 17.6 Å². The van der Waals surface area contributed by atoms with Crippen molar-refractivity contribution >= 4 is 25.7 Å². The minimum absolute atomic E-state index is 0.0282. The zero-order valence-corrected chi connectivity index (χ0v) is 31.4. The van der Waals surface area contributed by atoms with E-state index in [4.69, 9.17) is 14.0 Å². The predicted octanol–water partition coefficient (Wildman–Crippen LogP) is 4.59. The summed E-state index contributed by atoms with van der Waals surface area (Å²) in [5.74, 6) is -0.614. The van der Waals surface area contributed by atoms with Gasteiger partial charge in [-0.15, -0.1) is 0 Å². The van der Waals surface area contributed by atoms with Crippen LogP contribution in [-0.4, -0.2) is 78.0 Å². The van der Waals surface area contributed by atoms with Gasteiger partial charge in [-0.2, -0.15) is 10.2 Å². The zero-order chi connectivity index (χ0) is 38.7. The molecule has 3 aromatic carbocycles. The van der Waals surface area contributed by atoms with Gasteiger partial charge in [0.2, 0.25) is 0 Å². The van der Waals surface area contributed by atoms with Crippen molar-refractivity contribution in [3.8, 4) is 11.4 Å². The minimum atomic E-state index is -4.73. The molecule has 2 saturated heterocycles. The number of ether oxygens (including phenoxy) is 2. The lowest BCUT2D eigenvalue weighted by molar-refractivity contribution is -0.0206. The van der Waals surface area contributed by atoms with Crippen molar-refractivity contribution in [3.05, 3.63) is 113 Å². The van der Waals surface area contributed by atoms with E-state index in [-0.39, 0.29) is 18.0 Å². The van der Waals surface area contributed by atoms with Gasteiger partial charge in [0.25, 0.3) is 0 Å². The molecular formula is C37H43BF2N7O7P. The van der Waals surface area contributed by atoms with Crippen LogP contribution in [0.2, 0.25) is 12.6 Å². The van der Waals surface area contributed by atoms with Gasteiger partial charge in [-0.25, -0.2) is 37.1 Å². The van der Waals surface area contributed by atoms with Crippen molar-refractivity contribution in [2.24, 2.45) is 5.92 Å². The van der Waals surface area contributed by atoms with Crippen LogP contribution >= 0.6 is 7.82 Å². The van der Waals surface area contributed by atoms with Crippen LogP contribution in [0.15, 0.2) is 90.5 Å². The lowest BCUT2D eigenvalue weighted by atomic mass is 9.39. The van der Waals surface area contributed by atoms with E-state index in [2.05, 4.69) is 32.2 Å². The van der Waals surface area contributed by atoms with E-state index in [1.165, 1.54) is 46.4 Å². The molecule has 2 aliphatic heterocycles. The standard InChI is InChI=1S/C37H43BF2N7O7P/c1-3-35(26(2)54-55(49,50)51)47-36(48)46(25-43-47)31-7-4-28(5-8-31)38-14-16-44(17-15-38)30-9-11-32(12-10-30)52-20-27-19-37(53-21-27,22-45-24-41-23-42-45)33-13-6-29(39)18-34(33)40/h4-13,18,23-27,35H,3,14-17,19-22H2,1-2H3,(H2,49,50,51)/t26-,27+,35-,37-/m0/s1. The number of halogens is 2. The summed E-state index contributed by atoms with van der Waals surface area (Å²) in [6, 6.07) is 18.8. The maximum Gasteiger partial charge on any atom is 0.469 e. The first-order valence-electron chi connectivity index (χ1n) is 18.3. The molecule has 0 radical (unpaired) electrons. The smallest absolute Gasteiger partial charge is 0.469 e. The molecule has 2 aliphatic rings. The molecule has 2 N–H and O–H groups in total. The zero-order valence-electron chi connectivity index (χ0n) is 30.5. The normalized spacial score (nSPS) is 20.1. The summed E-state index contributed by atoms with van der Waals surface area (Å²) in [7, 11) is -4.73. The topological polar surface area (TPSA) is 159 Å². The number of phosphoric acid groups is 1. The van der Waals surface area contributed by atoms with E-state index >= 15 is 0 Å². The fourth-order valence-corrected chi connectivity index (χ4v) is 8.42. The molecule has 290 valence electrons. The van der Waals surface area contributed by atoms with Crippen molar-refractivity contribution in [3.63, 3.8) is 0 Å². The summed E-state index contributed by atoms with van der Waals surface area (Å²) in [5, 5.41) is 8.40. The first-order valence-corrected chi connectivity index (χ1v) is 19.8. The third-order valence-electron chi connectivity index (χ3n) is 10.6. The fourth-order valence-electron chi connectivity index (χ4n) is 7.84. The lowest BCUT2D eigenvalue weighted by Crippen LogP contribution is -2.43. The molecule has 0 unspecified atom stereocenters. The average molecular weight is 778 g/mol. The number of aromatic nitrogens is 6. The monoisotopic (exact) mass is 777 g/mol. The van der Waals surface area contributed by atoms with E-state index in [9.17, 15) is 27.9 Å². The molecule has 55 heavy (non-hydrogen) atoms. The van der Waals surface area contributed by atoms with Crippen molar-refractivity contribution in [1.82, 2.24) is 29.1 Å². The molecule has 0 saturated carbocycles. The summed E-state index contributed by atoms with van der Waals surface area (Å²) < 4.78 is 61.5. The molecule has 4 heterocycles. The minimum Gasteiger partial charge on any atom is -0.493 e. The van der Waals surface area contributed by atoms with Gasteiger partial charge in [-0.1, -0.05) is 43.2 Å². The Bertz CT molecular complexity index is 2160. The molecule has 7 rings (SSSR count). The quantitative estimate of drug-likeness (QED) is 0.120. The molecular weight excluding hydrogens is 734 g/mol. The Morgan fingerprint density at radius 1 is 1.02 bits per heavy atom. The van der Waals surface area contributed by atoms with Crippen LogP contribution in [0.4, 0.5) is 14.5 Å². The van der Waals surface area contributed by atoms with E-state index in [0.717, 1.165) is 43.2 Å². The average Bonchev–Trinajstić information content (AvgIpc) is 3.92. The number of rotatable bonds is 14. The summed E-state index contributed by atoms with van der Waals surface area (Å²) in [5.41, 5.74) is 1.76. The van der Waals surface area contributed by atoms with Gasteiger partial charge in [0.05, 0.1) is 37.6 Å². The second kappa shape index (κ2) is 16.2. The Labute approximate surface area is 317 Å². The molecule has 2 aromatic heterocycles. The molecule has 0 spiro atoms. The van der Waals surface area contributed by atoms with Gasteiger partial charge in [0.15, 0.2) is 6.71 Å². The number of phosphoric ester groups is 1. The molecule has 5 aromatic rings. The first-order chi connectivity index (χ1) is 26.4. The summed E-state index contributed by atoms with van der Waals surface area (Å²) in [6.07, 6.45) is 6.21.